The third-order valence-electron chi connectivity index (χ3n) is 0.510. The van der Waals surface area contributed by atoms with Crippen molar-refractivity contribution in [1.82, 2.24) is 0 Å². The molecule has 0 atom stereocenters. The number of ether oxygens (including phenoxy) is 1. The van der Waals surface area contributed by atoms with Crippen molar-refractivity contribution in [3.63, 3.8) is 0 Å². The van der Waals surface area contributed by atoms with Gasteiger partial charge in [0.2, 0.25) is 0 Å². The summed E-state index contributed by atoms with van der Waals surface area (Å²) in [6, 6.07) is 0. The van der Waals surface area contributed by atoms with Crippen molar-refractivity contribution in [2.45, 2.75) is 0 Å². The fourth-order valence-electron chi connectivity index (χ4n) is 0.200. The summed E-state index contributed by atoms with van der Waals surface area (Å²) in [5.41, 5.74) is 0. The molecular weight excluding hydrogens is 156 g/mol. The summed E-state index contributed by atoms with van der Waals surface area (Å²) in [6.07, 6.45) is 2.62. The largest absolute Gasteiger partial charge is 0.458 e. The van der Waals surface area contributed by atoms with Crippen molar-refractivity contribution in [2.75, 3.05) is 6.61 Å². The average molecular weight is 170 g/mol. The van der Waals surface area contributed by atoms with Gasteiger partial charge in [0.1, 0.15) is 13.4 Å². The molecule has 0 aromatic heterocycles. The Labute approximate surface area is 73.0 Å². The van der Waals surface area contributed by atoms with Gasteiger partial charge in [0.05, 0.1) is 0 Å². The van der Waals surface area contributed by atoms with Crippen molar-refractivity contribution >= 4 is 12.8 Å². The molecule has 0 bridgehead atoms. The summed E-state index contributed by atoms with van der Waals surface area (Å²) >= 11 is 0. The second kappa shape index (κ2) is 22.8. The predicted molar refractivity (Wildman–Crippen MR) is 49.7 cm³/mol. The lowest BCUT2D eigenvalue weighted by Crippen LogP contribution is -1.98. The van der Waals surface area contributed by atoms with E-state index in [-0.39, 0.29) is 6.61 Å². The van der Waals surface area contributed by atoms with Gasteiger partial charge in [-0.1, -0.05) is 19.2 Å². The molecule has 0 radical (unpaired) electrons. The first-order chi connectivity index (χ1) is 5.81. The normalized spacial score (nSPS) is 5.67. The Morgan fingerprint density at radius 3 is 1.92 bits per heavy atom. The predicted octanol–water partition coefficient (Wildman–Crippen LogP) is 1.52. The number of esters is 1. The molecule has 3 nitrogen and oxygen atoms in total. The minimum absolute atomic E-state index is 0.255. The van der Waals surface area contributed by atoms with Crippen LogP contribution < -0.4 is 0 Å². The van der Waals surface area contributed by atoms with Gasteiger partial charge < -0.3 is 9.53 Å². The standard InChI is InChI=1S/C6H8O2.C2H4.CH2O/c1-3-5-8-6(7)4-2;2*1-2/h3-4H,1-2,5H2;1-2H2;1H2. The van der Waals surface area contributed by atoms with Gasteiger partial charge in [-0.2, -0.15) is 0 Å². The first-order valence-electron chi connectivity index (χ1n) is 3.00. The fourth-order valence-corrected chi connectivity index (χ4v) is 0.200. The first kappa shape index (κ1) is 16.8. The zero-order chi connectivity index (χ0) is 10.4. The summed E-state index contributed by atoms with van der Waals surface area (Å²) in [6.45, 7) is 14.8. The molecule has 0 aliphatic heterocycles. The highest BCUT2D eigenvalue weighted by Gasteiger charge is 1.87. The molecule has 0 saturated heterocycles. The van der Waals surface area contributed by atoms with E-state index in [2.05, 4.69) is 31.1 Å². The Kier molecular flexibility index (Phi) is 31.8. The molecule has 0 spiro atoms. The van der Waals surface area contributed by atoms with Crippen LogP contribution in [0.25, 0.3) is 0 Å². The molecule has 0 rings (SSSR count). The van der Waals surface area contributed by atoms with Crippen LogP contribution in [0.2, 0.25) is 0 Å². The van der Waals surface area contributed by atoms with Crippen LogP contribution in [-0.2, 0) is 14.3 Å². The SMILES string of the molecule is C=C.C=CCOC(=O)C=C.C=O. The zero-order valence-corrected chi connectivity index (χ0v) is 7.12. The molecule has 0 N–H and O–H groups in total. The smallest absolute Gasteiger partial charge is 0.330 e. The summed E-state index contributed by atoms with van der Waals surface area (Å²) < 4.78 is 4.47. The summed E-state index contributed by atoms with van der Waals surface area (Å²) in [7, 11) is 0. The van der Waals surface area contributed by atoms with Crippen LogP contribution in [0, 0.1) is 0 Å². The molecule has 12 heavy (non-hydrogen) atoms. The Morgan fingerprint density at radius 2 is 1.67 bits per heavy atom. The lowest BCUT2D eigenvalue weighted by atomic mass is 10.6. The average Bonchev–Trinajstić information content (AvgIpc) is 2.20. The van der Waals surface area contributed by atoms with Crippen molar-refractivity contribution in [3.8, 4) is 0 Å². The third kappa shape index (κ3) is 23.8. The maximum Gasteiger partial charge on any atom is 0.330 e. The molecule has 68 valence electrons. The highest BCUT2D eigenvalue weighted by molar-refractivity contribution is 5.81. The monoisotopic (exact) mass is 170 g/mol. The van der Waals surface area contributed by atoms with Crippen LogP contribution >= 0.6 is 0 Å². The number of carbonyl (C=O) groups excluding carboxylic acids is 2. The maximum absolute atomic E-state index is 10.2. The van der Waals surface area contributed by atoms with Crippen molar-refractivity contribution in [1.29, 1.82) is 0 Å². The van der Waals surface area contributed by atoms with Crippen LogP contribution in [0.3, 0.4) is 0 Å². The third-order valence-corrected chi connectivity index (χ3v) is 0.510. The molecule has 0 unspecified atom stereocenters. The zero-order valence-electron chi connectivity index (χ0n) is 7.12. The Balaban J connectivity index is -0.000000175. The highest BCUT2D eigenvalue weighted by Crippen LogP contribution is 1.77. The van der Waals surface area contributed by atoms with Gasteiger partial charge in [0.25, 0.3) is 0 Å². The van der Waals surface area contributed by atoms with E-state index in [4.69, 9.17) is 4.79 Å². The summed E-state index contributed by atoms with van der Waals surface area (Å²) in [4.78, 5) is 18.2. The van der Waals surface area contributed by atoms with E-state index in [0.717, 1.165) is 6.08 Å². The van der Waals surface area contributed by atoms with Gasteiger partial charge in [-0.3, -0.25) is 0 Å². The van der Waals surface area contributed by atoms with E-state index >= 15 is 0 Å². The van der Waals surface area contributed by atoms with E-state index in [9.17, 15) is 4.79 Å². The fraction of sp³-hybridized carbons (Fsp3) is 0.111. The number of rotatable bonds is 3. The van der Waals surface area contributed by atoms with E-state index in [0.29, 0.717) is 0 Å². The number of carbonyl (C=O) groups is 2. The Morgan fingerprint density at radius 1 is 1.25 bits per heavy atom. The maximum atomic E-state index is 10.2. The summed E-state index contributed by atoms with van der Waals surface area (Å²) in [5.74, 6) is -0.412. The lowest BCUT2D eigenvalue weighted by molar-refractivity contribution is -0.136. The van der Waals surface area contributed by atoms with Gasteiger partial charge in [0.15, 0.2) is 0 Å². The van der Waals surface area contributed by atoms with Gasteiger partial charge >= 0.3 is 5.97 Å². The molecule has 0 aliphatic carbocycles. The van der Waals surface area contributed by atoms with Crippen LogP contribution in [0.15, 0.2) is 38.5 Å². The lowest BCUT2D eigenvalue weighted by Gasteiger charge is -1.92. The summed E-state index contributed by atoms with van der Waals surface area (Å²) in [5, 5.41) is 0. The molecule has 3 heteroatoms. The molecular formula is C9H14O3. The minimum atomic E-state index is -0.412. The molecule has 0 fully saturated rings. The molecule has 0 aromatic rings. The van der Waals surface area contributed by atoms with E-state index in [1.807, 2.05) is 6.79 Å². The second-order valence-corrected chi connectivity index (χ2v) is 1.12. The molecule has 0 heterocycles. The van der Waals surface area contributed by atoms with Gasteiger partial charge in [-0.15, -0.1) is 13.2 Å². The molecule has 0 aliphatic rings. The van der Waals surface area contributed by atoms with E-state index in [1.54, 1.807) is 0 Å². The Bertz CT molecular complexity index is 128. The van der Waals surface area contributed by atoms with Gasteiger partial charge in [0, 0.05) is 6.08 Å². The minimum Gasteiger partial charge on any atom is -0.458 e. The first-order valence-corrected chi connectivity index (χ1v) is 3.00. The molecule has 0 aromatic carbocycles. The topological polar surface area (TPSA) is 43.4 Å². The number of hydrogen-bond donors (Lipinski definition) is 0. The second-order valence-electron chi connectivity index (χ2n) is 1.12. The molecule has 0 saturated carbocycles. The molecule has 0 amide bonds. The van der Waals surface area contributed by atoms with Crippen molar-refractivity contribution in [3.05, 3.63) is 38.5 Å². The van der Waals surface area contributed by atoms with E-state index in [1.165, 1.54) is 6.08 Å². The van der Waals surface area contributed by atoms with Gasteiger partial charge in [-0.25, -0.2) is 4.79 Å². The highest BCUT2D eigenvalue weighted by atomic mass is 16.5. The van der Waals surface area contributed by atoms with Gasteiger partial charge in [-0.05, 0) is 0 Å². The van der Waals surface area contributed by atoms with Crippen LogP contribution in [-0.4, -0.2) is 19.4 Å². The van der Waals surface area contributed by atoms with Crippen LogP contribution in [0.5, 0.6) is 0 Å². The quantitative estimate of drug-likeness (QED) is 0.366. The van der Waals surface area contributed by atoms with Crippen molar-refractivity contribution < 1.29 is 14.3 Å². The number of hydrogen-bond acceptors (Lipinski definition) is 3. The van der Waals surface area contributed by atoms with Crippen LogP contribution in [0.1, 0.15) is 0 Å². The Hall–Kier alpha value is -1.64. The van der Waals surface area contributed by atoms with E-state index < -0.39 is 5.97 Å². The van der Waals surface area contributed by atoms with Crippen molar-refractivity contribution in [2.24, 2.45) is 0 Å². The van der Waals surface area contributed by atoms with Crippen LogP contribution in [0.4, 0.5) is 0 Å².